The van der Waals surface area contributed by atoms with Crippen LogP contribution < -0.4 is 19.5 Å². The van der Waals surface area contributed by atoms with Crippen molar-refractivity contribution in [3.63, 3.8) is 0 Å². The van der Waals surface area contributed by atoms with Crippen molar-refractivity contribution in [3.8, 4) is 17.2 Å². The minimum Gasteiger partial charge on any atom is -0.484 e. The fourth-order valence-electron chi connectivity index (χ4n) is 5.57. The van der Waals surface area contributed by atoms with E-state index in [1.807, 2.05) is 42.5 Å². The van der Waals surface area contributed by atoms with Crippen LogP contribution in [0.3, 0.4) is 0 Å². The number of nitrogens with zero attached hydrogens (tertiary/aromatic N) is 2. The van der Waals surface area contributed by atoms with Gasteiger partial charge in [-0.3, -0.25) is 9.59 Å². The lowest BCUT2D eigenvalue weighted by molar-refractivity contribution is -0.142. The molecule has 6 rings (SSSR count). The highest BCUT2D eigenvalue weighted by molar-refractivity contribution is 7.89. The number of halogens is 1. The lowest BCUT2D eigenvalue weighted by Gasteiger charge is -2.31. The summed E-state index contributed by atoms with van der Waals surface area (Å²) in [6.07, 6.45) is 0.251. The minimum atomic E-state index is -3.68. The monoisotopic (exact) mass is 705 g/mol. The fraction of sp³-hybridized carbons (Fsp3) is 0.278. The van der Waals surface area contributed by atoms with Gasteiger partial charge in [0.15, 0.2) is 18.1 Å². The van der Waals surface area contributed by atoms with Crippen LogP contribution in [0.5, 0.6) is 17.2 Å². The Balaban J connectivity index is 1.21. The van der Waals surface area contributed by atoms with Crippen molar-refractivity contribution in [2.75, 3.05) is 39.7 Å². The summed E-state index contributed by atoms with van der Waals surface area (Å²) < 4.78 is 49.5. The third-order valence-corrected chi connectivity index (χ3v) is 10.4. The molecule has 0 saturated carbocycles. The number of carbonyl (C=O) groups excluding carboxylic acids is 2. The van der Waals surface area contributed by atoms with Crippen LogP contribution in [0.4, 0.5) is 0 Å². The van der Waals surface area contributed by atoms with E-state index in [0.717, 1.165) is 16.7 Å². The lowest BCUT2D eigenvalue weighted by atomic mass is 10.0. The molecule has 2 amide bonds. The van der Waals surface area contributed by atoms with E-state index in [0.29, 0.717) is 35.5 Å². The maximum Gasteiger partial charge on any atom is 0.261 e. The minimum absolute atomic E-state index is 0.116. The van der Waals surface area contributed by atoms with Gasteiger partial charge < -0.3 is 29.2 Å². The number of benzene rings is 4. The van der Waals surface area contributed by atoms with E-state index >= 15 is 0 Å². The highest BCUT2D eigenvalue weighted by atomic mass is 35.5. The number of sulfonamides is 1. The van der Waals surface area contributed by atoms with Crippen molar-refractivity contribution in [2.45, 2.75) is 30.4 Å². The molecule has 4 aromatic carbocycles. The molecule has 0 unspecified atom stereocenters. The van der Waals surface area contributed by atoms with Crippen molar-refractivity contribution in [2.24, 2.45) is 0 Å². The van der Waals surface area contributed by atoms with Gasteiger partial charge in [-0.15, -0.1) is 0 Å². The Bertz CT molecular complexity index is 1850. The second kappa shape index (κ2) is 15.7. The predicted molar refractivity (Wildman–Crippen MR) is 182 cm³/mol. The van der Waals surface area contributed by atoms with Gasteiger partial charge in [0, 0.05) is 37.6 Å². The molecular formula is C36H36ClN3O8S. The van der Waals surface area contributed by atoms with Gasteiger partial charge in [-0.25, -0.2) is 8.42 Å². The molecular weight excluding hydrogens is 670 g/mol. The first-order chi connectivity index (χ1) is 23.8. The second-order valence-electron chi connectivity index (χ2n) is 11.5. The molecule has 0 aliphatic carbocycles. The molecule has 1 saturated heterocycles. The van der Waals surface area contributed by atoms with Gasteiger partial charge >= 0.3 is 0 Å². The lowest BCUT2D eigenvalue weighted by Crippen LogP contribution is -2.51. The average Bonchev–Trinajstić information content (AvgIpc) is 3.61. The zero-order chi connectivity index (χ0) is 34.2. The van der Waals surface area contributed by atoms with E-state index in [1.54, 1.807) is 30.3 Å². The summed E-state index contributed by atoms with van der Waals surface area (Å²) >= 11 is 6.14. The van der Waals surface area contributed by atoms with Crippen molar-refractivity contribution >= 4 is 33.4 Å². The zero-order valence-electron chi connectivity index (χ0n) is 26.6. The Morgan fingerprint density at radius 1 is 0.857 bits per heavy atom. The first-order valence-corrected chi connectivity index (χ1v) is 17.6. The number of hydrogen-bond donors (Lipinski definition) is 1. The van der Waals surface area contributed by atoms with Crippen LogP contribution >= 0.6 is 11.6 Å². The van der Waals surface area contributed by atoms with Gasteiger partial charge in [0.2, 0.25) is 22.7 Å². The van der Waals surface area contributed by atoms with Crippen molar-refractivity contribution in [3.05, 3.63) is 119 Å². The van der Waals surface area contributed by atoms with E-state index in [-0.39, 0.29) is 56.8 Å². The molecule has 2 heterocycles. The fourth-order valence-corrected chi connectivity index (χ4v) is 7.10. The third-order valence-electron chi connectivity index (χ3n) is 8.23. The number of ether oxygens (including phenoxy) is 4. The van der Waals surface area contributed by atoms with E-state index in [4.69, 9.17) is 30.5 Å². The molecule has 256 valence electrons. The molecule has 2 aliphatic rings. The Hall–Kier alpha value is -4.62. The van der Waals surface area contributed by atoms with Gasteiger partial charge in [0.25, 0.3) is 5.91 Å². The molecule has 2 aliphatic heterocycles. The Kier molecular flexibility index (Phi) is 11.0. The highest BCUT2D eigenvalue weighted by Gasteiger charge is 2.31. The summed E-state index contributed by atoms with van der Waals surface area (Å²) in [7, 11) is -3.68. The molecule has 13 heteroatoms. The molecule has 0 bridgehead atoms. The van der Waals surface area contributed by atoms with Gasteiger partial charge in [0.1, 0.15) is 11.8 Å². The van der Waals surface area contributed by atoms with Gasteiger partial charge in [-0.1, -0.05) is 60.1 Å². The normalized spacial score (nSPS) is 15.0. The van der Waals surface area contributed by atoms with Crippen LogP contribution in [-0.2, 0) is 43.9 Å². The molecule has 0 aromatic heterocycles. The van der Waals surface area contributed by atoms with Gasteiger partial charge in [-0.2, -0.15) is 4.31 Å². The van der Waals surface area contributed by atoms with Crippen LogP contribution in [0, 0.1) is 0 Å². The number of hydrogen-bond acceptors (Lipinski definition) is 8. The van der Waals surface area contributed by atoms with E-state index in [9.17, 15) is 18.0 Å². The van der Waals surface area contributed by atoms with E-state index in [1.165, 1.54) is 33.5 Å². The molecule has 1 atom stereocenters. The second-order valence-corrected chi connectivity index (χ2v) is 13.9. The standard InChI is InChI=1S/C36H36ClN3O8S/c37-29-9-6-27(7-10-29)23-40(35(41)24-46-30-11-13-31(14-12-30)49(43,44)39-16-18-45-19-17-39)32(20-26-4-2-1-3-5-26)36(42)38-22-28-8-15-33-34(21-28)48-25-47-33/h1-15,21,32H,16-20,22-25H2,(H,38,42)/t32-/m0/s1. The summed E-state index contributed by atoms with van der Waals surface area (Å²) in [5, 5.41) is 3.55. The summed E-state index contributed by atoms with van der Waals surface area (Å²) in [5.41, 5.74) is 2.46. The summed E-state index contributed by atoms with van der Waals surface area (Å²) in [4.78, 5) is 29.6. The maximum absolute atomic E-state index is 14.0. The van der Waals surface area contributed by atoms with Crippen molar-refractivity contribution < 1.29 is 37.0 Å². The van der Waals surface area contributed by atoms with Crippen LogP contribution in [0.2, 0.25) is 5.02 Å². The molecule has 11 nitrogen and oxygen atoms in total. The molecule has 0 radical (unpaired) electrons. The Labute approximate surface area is 290 Å². The van der Waals surface area contributed by atoms with Crippen molar-refractivity contribution in [1.29, 1.82) is 0 Å². The summed E-state index contributed by atoms with van der Waals surface area (Å²) in [6, 6.07) is 27.1. The number of nitrogens with one attached hydrogen (secondary N) is 1. The van der Waals surface area contributed by atoms with E-state index < -0.39 is 22.0 Å². The number of morpholine rings is 1. The third kappa shape index (κ3) is 8.70. The number of amides is 2. The molecule has 49 heavy (non-hydrogen) atoms. The largest absolute Gasteiger partial charge is 0.484 e. The van der Waals surface area contributed by atoms with Gasteiger partial charge in [0.05, 0.1) is 18.1 Å². The first kappa shape index (κ1) is 34.3. The number of carbonyl (C=O) groups is 2. The Morgan fingerprint density at radius 2 is 1.55 bits per heavy atom. The van der Waals surface area contributed by atoms with Crippen LogP contribution in [0.1, 0.15) is 16.7 Å². The SMILES string of the molecule is O=C(NCc1ccc2c(c1)OCO2)[C@H](Cc1ccccc1)N(Cc1ccc(Cl)cc1)C(=O)COc1ccc(S(=O)(=O)N2CCOCC2)cc1. The van der Waals surface area contributed by atoms with E-state index in [2.05, 4.69) is 5.32 Å². The topological polar surface area (TPSA) is 124 Å². The zero-order valence-corrected chi connectivity index (χ0v) is 28.2. The molecule has 4 aromatic rings. The van der Waals surface area contributed by atoms with Gasteiger partial charge in [-0.05, 0) is 65.2 Å². The quantitative estimate of drug-likeness (QED) is 0.217. The highest BCUT2D eigenvalue weighted by Crippen LogP contribution is 2.32. The predicted octanol–water partition coefficient (Wildman–Crippen LogP) is 4.42. The van der Waals surface area contributed by atoms with Crippen LogP contribution in [0.25, 0.3) is 0 Å². The Morgan fingerprint density at radius 3 is 2.29 bits per heavy atom. The molecule has 1 fully saturated rings. The maximum atomic E-state index is 14.0. The number of fused-ring (bicyclic) bond motifs is 1. The van der Waals surface area contributed by atoms with Crippen LogP contribution in [0.15, 0.2) is 102 Å². The average molecular weight is 706 g/mol. The smallest absolute Gasteiger partial charge is 0.261 e. The number of rotatable bonds is 13. The molecule has 1 N–H and O–H groups in total. The van der Waals surface area contributed by atoms with Crippen LogP contribution in [-0.4, -0.2) is 75.2 Å². The summed E-state index contributed by atoms with van der Waals surface area (Å²) in [5.74, 6) is 0.786. The first-order valence-electron chi connectivity index (χ1n) is 15.8. The van der Waals surface area contributed by atoms with Crippen molar-refractivity contribution in [1.82, 2.24) is 14.5 Å². The molecule has 0 spiro atoms. The summed E-state index contributed by atoms with van der Waals surface area (Å²) in [6.45, 7) is 1.34.